The highest BCUT2D eigenvalue weighted by Gasteiger charge is 2.39. The van der Waals surface area contributed by atoms with E-state index >= 15 is 0 Å². The molecule has 2 heterocycles. The van der Waals surface area contributed by atoms with Gasteiger partial charge in [-0.1, -0.05) is 12.1 Å². The monoisotopic (exact) mass is 380 g/mol. The maximum absolute atomic E-state index is 12.5. The average molecular weight is 380 g/mol. The molecule has 28 heavy (non-hydrogen) atoms. The highest BCUT2D eigenvalue weighted by Crippen LogP contribution is 2.38. The van der Waals surface area contributed by atoms with Gasteiger partial charge in [0.25, 0.3) is 5.91 Å². The molecule has 5 heteroatoms. The molecule has 148 valence electrons. The number of ether oxygens (including phenoxy) is 2. The first-order chi connectivity index (χ1) is 13.7. The van der Waals surface area contributed by atoms with Crippen LogP contribution in [0.5, 0.6) is 5.75 Å². The molecule has 2 fully saturated rings. The normalized spacial score (nSPS) is 22.3. The number of amides is 1. The number of carbonyl (C=O) groups excluding carboxylic acids is 1. The Balaban J connectivity index is 1.37. The van der Waals surface area contributed by atoms with Crippen LogP contribution in [-0.2, 0) is 11.3 Å². The van der Waals surface area contributed by atoms with Gasteiger partial charge in [-0.15, -0.1) is 0 Å². The van der Waals surface area contributed by atoms with Crippen LogP contribution in [0, 0.1) is 5.41 Å². The summed E-state index contributed by atoms with van der Waals surface area (Å²) in [5, 5.41) is 3.00. The van der Waals surface area contributed by atoms with Crippen LogP contribution in [-0.4, -0.2) is 44.2 Å². The van der Waals surface area contributed by atoms with Crippen LogP contribution < -0.4 is 10.1 Å². The van der Waals surface area contributed by atoms with E-state index in [2.05, 4.69) is 22.3 Å². The largest absolute Gasteiger partial charge is 0.497 e. The maximum Gasteiger partial charge on any atom is 0.255 e. The molecule has 0 aromatic heterocycles. The zero-order chi connectivity index (χ0) is 19.4. The Morgan fingerprint density at radius 3 is 2.82 bits per heavy atom. The highest BCUT2D eigenvalue weighted by molar-refractivity contribution is 6.04. The smallest absolute Gasteiger partial charge is 0.255 e. The van der Waals surface area contributed by atoms with Crippen LogP contribution in [0.25, 0.3) is 0 Å². The molecule has 4 rings (SSSR count). The number of carbonyl (C=O) groups is 1. The number of hydrogen-bond donors (Lipinski definition) is 1. The summed E-state index contributed by atoms with van der Waals surface area (Å²) in [6.45, 7) is 4.95. The molecule has 0 radical (unpaired) electrons. The maximum atomic E-state index is 12.5. The lowest BCUT2D eigenvalue weighted by Gasteiger charge is -2.33. The van der Waals surface area contributed by atoms with Gasteiger partial charge in [0.15, 0.2) is 0 Å². The van der Waals surface area contributed by atoms with Gasteiger partial charge in [0.05, 0.1) is 13.7 Å². The van der Waals surface area contributed by atoms with E-state index in [9.17, 15) is 4.79 Å². The second-order valence-corrected chi connectivity index (χ2v) is 8.00. The molecule has 2 aromatic rings. The van der Waals surface area contributed by atoms with Gasteiger partial charge in [0, 0.05) is 36.4 Å². The fourth-order valence-electron chi connectivity index (χ4n) is 4.35. The molecule has 1 spiro atoms. The Morgan fingerprint density at radius 1 is 1.21 bits per heavy atom. The van der Waals surface area contributed by atoms with E-state index in [-0.39, 0.29) is 5.91 Å². The van der Waals surface area contributed by atoms with Crippen molar-refractivity contribution in [2.45, 2.75) is 25.8 Å². The molecule has 2 aromatic carbocycles. The highest BCUT2D eigenvalue weighted by atomic mass is 16.5. The van der Waals surface area contributed by atoms with Crippen molar-refractivity contribution in [2.24, 2.45) is 5.41 Å². The van der Waals surface area contributed by atoms with Gasteiger partial charge in [-0.2, -0.15) is 0 Å². The first-order valence-electron chi connectivity index (χ1n) is 10.0. The van der Waals surface area contributed by atoms with Gasteiger partial charge < -0.3 is 14.8 Å². The average Bonchev–Trinajstić information content (AvgIpc) is 3.10. The van der Waals surface area contributed by atoms with E-state index in [1.165, 1.54) is 24.8 Å². The minimum Gasteiger partial charge on any atom is -0.497 e. The van der Waals surface area contributed by atoms with Crippen LogP contribution in [0.2, 0.25) is 0 Å². The van der Waals surface area contributed by atoms with E-state index in [0.717, 1.165) is 44.3 Å². The first kappa shape index (κ1) is 19.0. The summed E-state index contributed by atoms with van der Waals surface area (Å²) >= 11 is 0. The fraction of sp³-hybridized carbons (Fsp3) is 0.435. The van der Waals surface area contributed by atoms with Gasteiger partial charge >= 0.3 is 0 Å². The van der Waals surface area contributed by atoms with Crippen molar-refractivity contribution in [3.8, 4) is 5.75 Å². The molecule has 1 unspecified atom stereocenters. The van der Waals surface area contributed by atoms with E-state index in [0.29, 0.717) is 11.0 Å². The molecule has 2 aliphatic heterocycles. The Hall–Kier alpha value is -2.37. The van der Waals surface area contributed by atoms with Crippen molar-refractivity contribution in [1.82, 2.24) is 4.90 Å². The summed E-state index contributed by atoms with van der Waals surface area (Å²) in [6.07, 6.45) is 3.68. The van der Waals surface area contributed by atoms with Crippen molar-refractivity contribution < 1.29 is 14.3 Å². The van der Waals surface area contributed by atoms with Crippen molar-refractivity contribution in [1.29, 1.82) is 0 Å². The quantitative estimate of drug-likeness (QED) is 0.853. The van der Waals surface area contributed by atoms with Crippen LogP contribution in [0.4, 0.5) is 5.69 Å². The molecule has 0 bridgehead atoms. The minimum atomic E-state index is -0.112. The lowest BCUT2D eigenvalue weighted by atomic mass is 9.82. The fourth-order valence-corrected chi connectivity index (χ4v) is 4.35. The van der Waals surface area contributed by atoms with Gasteiger partial charge in [-0.05, 0) is 67.8 Å². The summed E-state index contributed by atoms with van der Waals surface area (Å²) in [4.78, 5) is 15.0. The van der Waals surface area contributed by atoms with Crippen LogP contribution in [0.3, 0.4) is 0 Å². The number of rotatable bonds is 5. The van der Waals surface area contributed by atoms with Gasteiger partial charge in [-0.3, -0.25) is 9.69 Å². The molecule has 1 amide bonds. The third-order valence-corrected chi connectivity index (χ3v) is 5.86. The number of nitrogens with zero attached hydrogens (tertiary/aromatic N) is 1. The third-order valence-electron chi connectivity index (χ3n) is 5.86. The van der Waals surface area contributed by atoms with Crippen molar-refractivity contribution in [2.75, 3.05) is 38.7 Å². The van der Waals surface area contributed by atoms with Crippen LogP contribution in [0.1, 0.15) is 35.2 Å². The molecule has 0 saturated carbocycles. The Bertz CT molecular complexity index is 813. The standard InChI is InChI=1S/C23H28N2O3/c1-27-21-8-6-19(7-9-21)22(26)24-20-5-2-4-18(14-20)15-25-12-11-23(16-25)10-3-13-28-17-23/h2,4-9,14H,3,10-13,15-17H2,1H3,(H,24,26). The predicted octanol–water partition coefficient (Wildman–Crippen LogP) is 3.95. The summed E-state index contributed by atoms with van der Waals surface area (Å²) in [6, 6.07) is 15.3. The molecule has 5 nitrogen and oxygen atoms in total. The Labute approximate surface area is 166 Å². The molecular weight excluding hydrogens is 352 g/mol. The molecule has 2 saturated heterocycles. The van der Waals surface area contributed by atoms with E-state index in [4.69, 9.17) is 9.47 Å². The van der Waals surface area contributed by atoms with E-state index in [1.807, 2.05) is 12.1 Å². The third kappa shape index (κ3) is 4.37. The lowest BCUT2D eigenvalue weighted by molar-refractivity contribution is -0.00247. The SMILES string of the molecule is COc1ccc(C(=O)Nc2cccc(CN3CCC4(CCCOC4)C3)c2)cc1. The Morgan fingerprint density at radius 2 is 2.07 bits per heavy atom. The summed E-state index contributed by atoms with van der Waals surface area (Å²) in [5.41, 5.74) is 3.03. The van der Waals surface area contributed by atoms with Crippen LogP contribution >= 0.6 is 0 Å². The van der Waals surface area contributed by atoms with E-state index in [1.54, 1.807) is 31.4 Å². The number of hydrogen-bond acceptors (Lipinski definition) is 4. The summed E-state index contributed by atoms with van der Waals surface area (Å²) in [5.74, 6) is 0.629. The van der Waals surface area contributed by atoms with Gasteiger partial charge in [0.2, 0.25) is 0 Å². The zero-order valence-corrected chi connectivity index (χ0v) is 16.4. The van der Waals surface area contributed by atoms with Crippen molar-refractivity contribution in [3.63, 3.8) is 0 Å². The summed E-state index contributed by atoms with van der Waals surface area (Å²) < 4.78 is 10.9. The first-order valence-corrected chi connectivity index (χ1v) is 10.0. The minimum absolute atomic E-state index is 0.112. The number of likely N-dealkylation sites (tertiary alicyclic amines) is 1. The molecule has 2 aliphatic rings. The van der Waals surface area contributed by atoms with Crippen molar-refractivity contribution in [3.05, 3.63) is 59.7 Å². The topological polar surface area (TPSA) is 50.8 Å². The molecule has 1 N–H and O–H groups in total. The number of methoxy groups -OCH3 is 1. The molecular formula is C23H28N2O3. The number of benzene rings is 2. The van der Waals surface area contributed by atoms with Crippen LogP contribution in [0.15, 0.2) is 48.5 Å². The second-order valence-electron chi connectivity index (χ2n) is 8.00. The van der Waals surface area contributed by atoms with E-state index < -0.39 is 0 Å². The number of nitrogens with one attached hydrogen (secondary N) is 1. The second kappa shape index (κ2) is 8.33. The van der Waals surface area contributed by atoms with Crippen molar-refractivity contribution >= 4 is 11.6 Å². The Kier molecular flexibility index (Phi) is 5.64. The van der Waals surface area contributed by atoms with Gasteiger partial charge in [0.1, 0.15) is 5.75 Å². The molecule has 1 atom stereocenters. The van der Waals surface area contributed by atoms with Gasteiger partial charge in [-0.25, -0.2) is 0 Å². The lowest BCUT2D eigenvalue weighted by Crippen LogP contribution is -2.34. The zero-order valence-electron chi connectivity index (χ0n) is 16.4. The summed E-state index contributed by atoms with van der Waals surface area (Å²) in [7, 11) is 1.62. The predicted molar refractivity (Wildman–Crippen MR) is 110 cm³/mol. The number of anilines is 1. The molecule has 0 aliphatic carbocycles.